The number of ether oxygens (including phenoxy) is 1. The number of hydrogen-bond donors (Lipinski definition) is 1. The maximum atomic E-state index is 13.9. The molecule has 6 heteroatoms. The summed E-state index contributed by atoms with van der Waals surface area (Å²) in [6.07, 6.45) is 2.54. The van der Waals surface area contributed by atoms with Gasteiger partial charge in [-0.2, -0.15) is 5.10 Å². The number of aromatic nitrogens is 2. The number of hydrogen-bond acceptors (Lipinski definition) is 3. The highest BCUT2D eigenvalue weighted by Gasteiger charge is 2.36. The highest BCUT2D eigenvalue weighted by atomic mass is 19.3. The first-order chi connectivity index (χ1) is 12.9. The molecule has 4 nitrogen and oxygen atoms in total. The fourth-order valence-corrected chi connectivity index (χ4v) is 4.14. The van der Waals surface area contributed by atoms with Gasteiger partial charge in [0.25, 0.3) is 5.92 Å². The second kappa shape index (κ2) is 6.60. The lowest BCUT2D eigenvalue weighted by Crippen LogP contribution is -2.42. The number of halogens is 2. The lowest BCUT2D eigenvalue weighted by atomic mass is 9.85. The Morgan fingerprint density at radius 3 is 2.78 bits per heavy atom. The van der Waals surface area contributed by atoms with E-state index in [9.17, 15) is 8.78 Å². The number of aryl methyl sites for hydroxylation is 1. The maximum Gasteiger partial charge on any atom is 0.257 e. The average Bonchev–Trinajstić information content (AvgIpc) is 3.09. The third-order valence-electron chi connectivity index (χ3n) is 5.25. The molecule has 0 saturated carbocycles. The molecule has 1 aliphatic heterocycles. The molecule has 27 heavy (non-hydrogen) atoms. The van der Waals surface area contributed by atoms with Crippen LogP contribution in [-0.4, -0.2) is 41.2 Å². The zero-order valence-corrected chi connectivity index (χ0v) is 15.7. The van der Waals surface area contributed by atoms with Crippen LogP contribution in [0.25, 0.3) is 10.9 Å². The molecule has 0 spiro atoms. The van der Waals surface area contributed by atoms with Crippen molar-refractivity contribution in [3.8, 4) is 5.75 Å². The monoisotopic (exact) mass is 371 g/mol. The quantitative estimate of drug-likeness (QED) is 0.735. The van der Waals surface area contributed by atoms with Crippen LogP contribution in [-0.2, 0) is 6.42 Å². The minimum Gasteiger partial charge on any atom is -0.496 e. The van der Waals surface area contributed by atoms with Crippen LogP contribution >= 0.6 is 0 Å². The standard InChI is InChI=1S/C21H23F2N3O/c1-13-4-5-16(19(10-13)27-3)20-15-6-7-18-17(11-24-25-18)14(15)8-9-26(20)12-21(2,22)23/h4-7,10-11,20H,8-9,12H2,1-3H3,(H,24,25). The zero-order chi connectivity index (χ0) is 19.2. The van der Waals surface area contributed by atoms with Crippen LogP contribution in [0.5, 0.6) is 5.75 Å². The number of H-pyrrole nitrogens is 1. The third-order valence-corrected chi connectivity index (χ3v) is 5.25. The van der Waals surface area contributed by atoms with E-state index < -0.39 is 5.92 Å². The SMILES string of the molecule is COc1cc(C)ccc1C1c2ccc3[nH]ncc3c2CCN1CC(C)(F)F. The molecular formula is C21H23F2N3O. The topological polar surface area (TPSA) is 41.1 Å². The van der Waals surface area contributed by atoms with Crippen LogP contribution in [0.3, 0.4) is 0 Å². The van der Waals surface area contributed by atoms with Crippen LogP contribution in [0, 0.1) is 6.92 Å². The summed E-state index contributed by atoms with van der Waals surface area (Å²) in [5.74, 6) is -2.04. The second-order valence-corrected chi connectivity index (χ2v) is 7.40. The average molecular weight is 371 g/mol. The van der Waals surface area contributed by atoms with E-state index in [1.54, 1.807) is 7.11 Å². The van der Waals surface area contributed by atoms with Gasteiger partial charge in [0.2, 0.25) is 0 Å². The van der Waals surface area contributed by atoms with Crippen molar-refractivity contribution in [2.75, 3.05) is 20.2 Å². The van der Waals surface area contributed by atoms with Gasteiger partial charge in [0.15, 0.2) is 0 Å². The van der Waals surface area contributed by atoms with E-state index in [4.69, 9.17) is 4.74 Å². The first kappa shape index (κ1) is 17.9. The predicted molar refractivity (Wildman–Crippen MR) is 102 cm³/mol. The van der Waals surface area contributed by atoms with Gasteiger partial charge in [-0.3, -0.25) is 10.00 Å². The van der Waals surface area contributed by atoms with Crippen LogP contribution in [0.15, 0.2) is 36.5 Å². The molecule has 0 amide bonds. The summed E-state index contributed by atoms with van der Waals surface area (Å²) >= 11 is 0. The highest BCUT2D eigenvalue weighted by molar-refractivity contribution is 5.83. The predicted octanol–water partition coefficient (Wildman–Crippen LogP) is 4.48. The summed E-state index contributed by atoms with van der Waals surface area (Å²) in [6, 6.07) is 9.68. The van der Waals surface area contributed by atoms with E-state index in [0.29, 0.717) is 13.0 Å². The molecule has 0 aliphatic carbocycles. The Hall–Kier alpha value is -2.47. The molecule has 1 atom stereocenters. The molecule has 0 radical (unpaired) electrons. The van der Waals surface area contributed by atoms with Crippen molar-refractivity contribution in [2.45, 2.75) is 32.2 Å². The van der Waals surface area contributed by atoms with Gasteiger partial charge in [0.05, 0.1) is 31.4 Å². The lowest BCUT2D eigenvalue weighted by Gasteiger charge is -2.39. The molecule has 1 aromatic heterocycles. The molecule has 0 saturated heterocycles. The maximum absolute atomic E-state index is 13.9. The summed E-state index contributed by atoms with van der Waals surface area (Å²) in [6.45, 7) is 3.24. The van der Waals surface area contributed by atoms with Crippen molar-refractivity contribution in [2.24, 2.45) is 0 Å². The summed E-state index contributed by atoms with van der Waals surface area (Å²) in [7, 11) is 1.63. The van der Waals surface area contributed by atoms with E-state index in [-0.39, 0.29) is 12.6 Å². The summed E-state index contributed by atoms with van der Waals surface area (Å²) in [5.41, 5.74) is 5.17. The highest BCUT2D eigenvalue weighted by Crippen LogP contribution is 2.42. The molecule has 4 rings (SSSR count). The Balaban J connectivity index is 1.90. The summed E-state index contributed by atoms with van der Waals surface area (Å²) < 4.78 is 33.5. The largest absolute Gasteiger partial charge is 0.496 e. The van der Waals surface area contributed by atoms with Crippen LogP contribution in [0.4, 0.5) is 8.78 Å². The molecule has 1 aliphatic rings. The number of nitrogens with zero attached hydrogens (tertiary/aromatic N) is 2. The zero-order valence-electron chi connectivity index (χ0n) is 15.7. The van der Waals surface area contributed by atoms with Crippen LogP contribution < -0.4 is 4.74 Å². The fourth-order valence-electron chi connectivity index (χ4n) is 4.14. The van der Waals surface area contributed by atoms with Gasteiger partial charge >= 0.3 is 0 Å². The molecule has 142 valence electrons. The normalized spacial score (nSPS) is 17.9. The minimum absolute atomic E-state index is 0.283. The Labute approximate surface area is 157 Å². The second-order valence-electron chi connectivity index (χ2n) is 7.40. The number of methoxy groups -OCH3 is 1. The molecule has 0 fully saturated rings. The first-order valence-electron chi connectivity index (χ1n) is 9.08. The van der Waals surface area contributed by atoms with Gasteiger partial charge < -0.3 is 4.74 Å². The molecular weight excluding hydrogens is 348 g/mol. The molecule has 1 unspecified atom stereocenters. The Kier molecular flexibility index (Phi) is 4.38. The van der Waals surface area contributed by atoms with Gasteiger partial charge in [-0.05, 0) is 42.2 Å². The number of nitrogens with one attached hydrogen (secondary N) is 1. The molecule has 2 aromatic carbocycles. The Morgan fingerprint density at radius 2 is 2.04 bits per heavy atom. The number of alkyl halides is 2. The van der Waals surface area contributed by atoms with Crippen molar-refractivity contribution in [1.82, 2.24) is 15.1 Å². The number of rotatable bonds is 4. The molecule has 3 aromatic rings. The number of benzene rings is 2. The Bertz CT molecular complexity index is 977. The molecule has 0 bridgehead atoms. The van der Waals surface area contributed by atoms with E-state index in [1.165, 1.54) is 5.56 Å². The van der Waals surface area contributed by atoms with Crippen LogP contribution in [0.1, 0.15) is 35.2 Å². The number of aromatic amines is 1. The van der Waals surface area contributed by atoms with E-state index in [0.717, 1.165) is 40.3 Å². The lowest BCUT2D eigenvalue weighted by molar-refractivity contribution is -0.0239. The summed E-state index contributed by atoms with van der Waals surface area (Å²) in [4.78, 5) is 1.86. The van der Waals surface area contributed by atoms with Gasteiger partial charge in [-0.25, -0.2) is 8.78 Å². The van der Waals surface area contributed by atoms with E-state index >= 15 is 0 Å². The fraction of sp³-hybridized carbons (Fsp3) is 0.381. The molecule has 2 heterocycles. The van der Waals surface area contributed by atoms with E-state index in [2.05, 4.69) is 10.2 Å². The van der Waals surface area contributed by atoms with Gasteiger partial charge in [0.1, 0.15) is 5.75 Å². The summed E-state index contributed by atoms with van der Waals surface area (Å²) in [5, 5.41) is 8.20. The molecule has 1 N–H and O–H groups in total. The van der Waals surface area contributed by atoms with Gasteiger partial charge in [0, 0.05) is 24.4 Å². The van der Waals surface area contributed by atoms with Crippen molar-refractivity contribution in [1.29, 1.82) is 0 Å². The van der Waals surface area contributed by atoms with E-state index in [1.807, 2.05) is 48.4 Å². The minimum atomic E-state index is -2.77. The van der Waals surface area contributed by atoms with Gasteiger partial charge in [-0.1, -0.05) is 18.2 Å². The first-order valence-corrected chi connectivity index (χ1v) is 9.08. The van der Waals surface area contributed by atoms with Crippen LogP contribution in [0.2, 0.25) is 0 Å². The van der Waals surface area contributed by atoms with Crippen molar-refractivity contribution in [3.05, 3.63) is 58.8 Å². The van der Waals surface area contributed by atoms with Crippen molar-refractivity contribution in [3.63, 3.8) is 0 Å². The smallest absolute Gasteiger partial charge is 0.257 e. The Morgan fingerprint density at radius 1 is 1.26 bits per heavy atom. The number of fused-ring (bicyclic) bond motifs is 3. The third kappa shape index (κ3) is 3.30. The van der Waals surface area contributed by atoms with Crippen molar-refractivity contribution >= 4 is 10.9 Å². The van der Waals surface area contributed by atoms with Crippen molar-refractivity contribution < 1.29 is 13.5 Å². The van der Waals surface area contributed by atoms with Gasteiger partial charge in [-0.15, -0.1) is 0 Å².